The van der Waals surface area contributed by atoms with Gasteiger partial charge in [0.1, 0.15) is 17.4 Å². The van der Waals surface area contributed by atoms with Crippen molar-refractivity contribution in [2.45, 2.75) is 45.4 Å². The van der Waals surface area contributed by atoms with E-state index in [1.165, 1.54) is 18.5 Å². The van der Waals surface area contributed by atoms with Gasteiger partial charge in [0, 0.05) is 37.2 Å². The van der Waals surface area contributed by atoms with Gasteiger partial charge in [-0.25, -0.2) is 0 Å². The molecule has 1 fully saturated rings. The van der Waals surface area contributed by atoms with Gasteiger partial charge >= 0.3 is 0 Å². The fraction of sp³-hybridized carbons (Fsp3) is 0.455. The summed E-state index contributed by atoms with van der Waals surface area (Å²) in [5, 5.41) is 9.69. The number of carbonyl (C=O) groups is 1. The van der Waals surface area contributed by atoms with E-state index in [1.54, 1.807) is 0 Å². The Balaban J connectivity index is 1.75. The Hall–Kier alpha value is -2.74. The summed E-state index contributed by atoms with van der Waals surface area (Å²) in [7, 11) is 0. The van der Waals surface area contributed by atoms with Gasteiger partial charge in [0.2, 0.25) is 5.88 Å². The second kappa shape index (κ2) is 6.45. The molecule has 5 heteroatoms. The lowest BCUT2D eigenvalue weighted by molar-refractivity contribution is -0.119. The van der Waals surface area contributed by atoms with Crippen LogP contribution in [0, 0.1) is 16.7 Å². The van der Waals surface area contributed by atoms with Gasteiger partial charge in [0.15, 0.2) is 5.78 Å². The summed E-state index contributed by atoms with van der Waals surface area (Å²) in [6.45, 7) is 6.26. The summed E-state index contributed by atoms with van der Waals surface area (Å²) in [6.07, 6.45) is 3.55. The minimum Gasteiger partial charge on any atom is -0.444 e. The highest BCUT2D eigenvalue weighted by atomic mass is 16.5. The Labute approximate surface area is 160 Å². The van der Waals surface area contributed by atoms with Crippen LogP contribution in [-0.4, -0.2) is 18.9 Å². The van der Waals surface area contributed by atoms with Crippen molar-refractivity contribution in [3.63, 3.8) is 0 Å². The molecule has 0 saturated carbocycles. The quantitative estimate of drug-likeness (QED) is 0.866. The normalized spacial score (nSPS) is 24.6. The zero-order valence-corrected chi connectivity index (χ0v) is 15.9. The molecule has 2 aliphatic heterocycles. The molecule has 1 saturated heterocycles. The monoisotopic (exact) mass is 363 g/mol. The van der Waals surface area contributed by atoms with Gasteiger partial charge in [-0.2, -0.15) is 5.26 Å². The number of rotatable bonds is 2. The number of ketones is 1. The summed E-state index contributed by atoms with van der Waals surface area (Å²) >= 11 is 0. The van der Waals surface area contributed by atoms with Crippen LogP contribution < -0.4 is 10.6 Å². The van der Waals surface area contributed by atoms with Gasteiger partial charge in [-0.3, -0.25) is 4.79 Å². The predicted octanol–water partition coefficient (Wildman–Crippen LogP) is 3.74. The number of carbonyl (C=O) groups excluding carboxylic acids is 1. The van der Waals surface area contributed by atoms with Gasteiger partial charge in [-0.1, -0.05) is 26.0 Å². The lowest BCUT2D eigenvalue weighted by atomic mass is 9.70. The average Bonchev–Trinajstić information content (AvgIpc) is 3.14. The number of hydrogen-bond donors (Lipinski definition) is 1. The van der Waals surface area contributed by atoms with Crippen LogP contribution in [0.2, 0.25) is 0 Å². The van der Waals surface area contributed by atoms with E-state index < -0.39 is 5.92 Å². The first-order valence-electron chi connectivity index (χ1n) is 9.58. The Morgan fingerprint density at radius 1 is 1.19 bits per heavy atom. The Kier molecular flexibility index (Phi) is 4.22. The van der Waals surface area contributed by atoms with Crippen LogP contribution in [0.15, 0.2) is 47.1 Å². The smallest absolute Gasteiger partial charge is 0.205 e. The molecule has 1 aliphatic carbocycles. The van der Waals surface area contributed by atoms with Gasteiger partial charge < -0.3 is 15.4 Å². The SMILES string of the molecule is CC1(C)CC(=O)C2=C(C1)OC(N)=C(C#N)[C@H]2c1ccc(N2CCCC2)cc1. The fourth-order valence-electron chi connectivity index (χ4n) is 4.47. The van der Waals surface area contributed by atoms with E-state index in [-0.39, 0.29) is 17.1 Å². The van der Waals surface area contributed by atoms with Crippen molar-refractivity contribution >= 4 is 11.5 Å². The van der Waals surface area contributed by atoms with Crippen molar-refractivity contribution in [3.8, 4) is 6.07 Å². The van der Waals surface area contributed by atoms with Crippen molar-refractivity contribution in [2.24, 2.45) is 11.1 Å². The highest BCUT2D eigenvalue weighted by Gasteiger charge is 2.42. The molecule has 0 aromatic heterocycles. The molecule has 0 bridgehead atoms. The molecule has 0 spiro atoms. The Morgan fingerprint density at radius 3 is 2.48 bits per heavy atom. The van der Waals surface area contributed by atoms with Crippen molar-refractivity contribution in [1.29, 1.82) is 5.26 Å². The summed E-state index contributed by atoms with van der Waals surface area (Å²) in [6, 6.07) is 10.4. The number of nitrogens with two attached hydrogens (primary N) is 1. The molecule has 2 heterocycles. The molecule has 0 radical (unpaired) electrons. The zero-order chi connectivity index (χ0) is 19.2. The predicted molar refractivity (Wildman–Crippen MR) is 104 cm³/mol. The fourth-order valence-corrected chi connectivity index (χ4v) is 4.47. The summed E-state index contributed by atoms with van der Waals surface area (Å²) in [4.78, 5) is 15.3. The molecular formula is C22H25N3O2. The van der Waals surface area contributed by atoms with E-state index in [4.69, 9.17) is 10.5 Å². The largest absolute Gasteiger partial charge is 0.444 e. The molecule has 4 rings (SSSR count). The first-order chi connectivity index (χ1) is 12.9. The van der Waals surface area contributed by atoms with Crippen LogP contribution in [0.1, 0.15) is 51.0 Å². The number of hydrogen-bond acceptors (Lipinski definition) is 5. The molecule has 2 N–H and O–H groups in total. The van der Waals surface area contributed by atoms with Crippen LogP contribution in [0.25, 0.3) is 0 Å². The minimum absolute atomic E-state index is 0.0510. The first-order valence-corrected chi connectivity index (χ1v) is 9.58. The number of ether oxygens (including phenoxy) is 1. The molecule has 1 aromatic rings. The van der Waals surface area contributed by atoms with Gasteiger partial charge in [0.05, 0.1) is 5.92 Å². The molecule has 3 aliphatic rings. The molecule has 0 unspecified atom stereocenters. The highest BCUT2D eigenvalue weighted by Crippen LogP contribution is 2.47. The molecule has 1 atom stereocenters. The average molecular weight is 363 g/mol. The van der Waals surface area contributed by atoms with E-state index in [0.717, 1.165) is 18.7 Å². The van der Waals surface area contributed by atoms with Gasteiger partial charge in [0.25, 0.3) is 0 Å². The van der Waals surface area contributed by atoms with Crippen LogP contribution >= 0.6 is 0 Å². The third-order valence-corrected chi connectivity index (χ3v) is 5.77. The van der Waals surface area contributed by atoms with Crippen LogP contribution in [0.4, 0.5) is 5.69 Å². The lowest BCUT2D eigenvalue weighted by Gasteiger charge is -2.37. The first kappa shape index (κ1) is 17.7. The van der Waals surface area contributed by atoms with Crippen LogP contribution in [0.5, 0.6) is 0 Å². The zero-order valence-electron chi connectivity index (χ0n) is 15.9. The van der Waals surface area contributed by atoms with E-state index >= 15 is 0 Å². The molecule has 27 heavy (non-hydrogen) atoms. The number of anilines is 1. The van der Waals surface area contributed by atoms with Crippen molar-refractivity contribution in [2.75, 3.05) is 18.0 Å². The molecule has 0 amide bonds. The number of benzene rings is 1. The molecule has 5 nitrogen and oxygen atoms in total. The standard InChI is InChI=1S/C22H25N3O2/c1-22(2)11-17(26)20-18(12-22)27-21(24)16(13-23)19(20)14-5-7-15(8-6-14)25-9-3-4-10-25/h5-8,19H,3-4,9-12,24H2,1-2H3/t19-/m1/s1. The molecule has 1 aromatic carbocycles. The highest BCUT2D eigenvalue weighted by molar-refractivity contribution is 6.00. The number of nitriles is 1. The topological polar surface area (TPSA) is 79.3 Å². The summed E-state index contributed by atoms with van der Waals surface area (Å²) < 4.78 is 5.74. The van der Waals surface area contributed by atoms with Crippen LogP contribution in [-0.2, 0) is 9.53 Å². The second-order valence-corrected chi connectivity index (χ2v) is 8.49. The maximum Gasteiger partial charge on any atom is 0.205 e. The van der Waals surface area contributed by atoms with Crippen LogP contribution in [0.3, 0.4) is 0 Å². The number of nitrogens with zero attached hydrogens (tertiary/aromatic N) is 2. The Bertz CT molecular complexity index is 881. The Morgan fingerprint density at radius 2 is 1.85 bits per heavy atom. The van der Waals surface area contributed by atoms with E-state index in [9.17, 15) is 10.1 Å². The van der Waals surface area contributed by atoms with E-state index in [1.807, 2.05) is 12.1 Å². The number of allylic oxidation sites excluding steroid dienone is 3. The van der Waals surface area contributed by atoms with Crippen molar-refractivity contribution in [1.82, 2.24) is 0 Å². The lowest BCUT2D eigenvalue weighted by Crippen LogP contribution is -2.33. The molecular weight excluding hydrogens is 338 g/mol. The molecule has 140 valence electrons. The maximum absolute atomic E-state index is 13.0. The van der Waals surface area contributed by atoms with E-state index in [2.05, 4.69) is 36.9 Å². The third-order valence-electron chi connectivity index (χ3n) is 5.77. The minimum atomic E-state index is -0.435. The second-order valence-electron chi connectivity index (χ2n) is 8.49. The summed E-state index contributed by atoms with van der Waals surface area (Å²) in [5.41, 5.74) is 8.94. The van der Waals surface area contributed by atoms with Gasteiger partial charge in [-0.05, 0) is 36.0 Å². The van der Waals surface area contributed by atoms with Crippen molar-refractivity contribution in [3.05, 3.63) is 52.6 Å². The number of Topliss-reactive ketones (excluding diaryl/α,β-unsaturated/α-hetero) is 1. The van der Waals surface area contributed by atoms with E-state index in [0.29, 0.717) is 29.7 Å². The summed E-state index contributed by atoms with van der Waals surface area (Å²) in [5.74, 6) is 0.363. The van der Waals surface area contributed by atoms with Crippen molar-refractivity contribution < 1.29 is 9.53 Å². The third kappa shape index (κ3) is 3.10. The maximum atomic E-state index is 13.0. The van der Waals surface area contributed by atoms with Gasteiger partial charge in [-0.15, -0.1) is 0 Å².